The van der Waals surface area contributed by atoms with Gasteiger partial charge in [0.05, 0.1) is 25.3 Å². The molecule has 4 atom stereocenters. The minimum Gasteiger partial charge on any atom is -0.480 e. The second-order valence-electron chi connectivity index (χ2n) is 8.32. The van der Waals surface area contributed by atoms with Crippen LogP contribution in [0.2, 0.25) is 0 Å². The molecule has 17 nitrogen and oxygen atoms in total. The quantitative estimate of drug-likeness (QED) is 0.0558. The third kappa shape index (κ3) is 9.86. The standard InChI is InChI=1S/C21H33N11O6/c22-13(2-1-3-27-21(23)24)17(34)32-16(8-33)19(36)30-14(4-11-6-25-9-28-11)18(35)31-15(20(37)38)5-12-7-26-10-29-12/h6-7,9-10,13-16,33H,1-5,8,22H2,(H,25,28)(H,26,29)(H,30,36)(H,31,35)(H,32,34)(H,37,38)(H4,23,24,27). The van der Waals surface area contributed by atoms with Crippen LogP contribution >= 0.6 is 0 Å². The highest BCUT2D eigenvalue weighted by atomic mass is 16.4. The number of aliphatic hydroxyl groups excluding tert-OH is 1. The zero-order valence-electron chi connectivity index (χ0n) is 20.5. The van der Waals surface area contributed by atoms with Crippen LogP contribution in [0.4, 0.5) is 0 Å². The fraction of sp³-hybridized carbons (Fsp3) is 0.476. The Morgan fingerprint density at radius 1 is 0.895 bits per heavy atom. The number of guanidine groups is 1. The second-order valence-corrected chi connectivity index (χ2v) is 8.32. The van der Waals surface area contributed by atoms with Gasteiger partial charge < -0.3 is 53.3 Å². The molecule has 3 amide bonds. The number of H-pyrrole nitrogens is 2. The van der Waals surface area contributed by atoms with Gasteiger partial charge in [0.15, 0.2) is 5.96 Å². The average Bonchev–Trinajstić information content (AvgIpc) is 3.58. The highest BCUT2D eigenvalue weighted by molar-refractivity contribution is 5.94. The van der Waals surface area contributed by atoms with Gasteiger partial charge in [0.2, 0.25) is 17.7 Å². The lowest BCUT2D eigenvalue weighted by Gasteiger charge is -2.24. The van der Waals surface area contributed by atoms with E-state index in [1.165, 1.54) is 25.0 Å². The Balaban J connectivity index is 2.05. The molecule has 0 spiro atoms. The van der Waals surface area contributed by atoms with Gasteiger partial charge in [-0.15, -0.1) is 0 Å². The van der Waals surface area contributed by atoms with E-state index in [1.54, 1.807) is 0 Å². The molecule has 208 valence electrons. The Kier molecular flexibility index (Phi) is 11.7. The molecule has 2 heterocycles. The first kappa shape index (κ1) is 29.7. The molecule has 0 aliphatic carbocycles. The lowest BCUT2D eigenvalue weighted by Crippen LogP contribution is -2.58. The fourth-order valence-corrected chi connectivity index (χ4v) is 3.31. The number of imidazole rings is 2. The Morgan fingerprint density at radius 3 is 1.92 bits per heavy atom. The Labute approximate surface area is 217 Å². The molecule has 38 heavy (non-hydrogen) atoms. The molecule has 0 aromatic carbocycles. The summed E-state index contributed by atoms with van der Waals surface area (Å²) in [5.41, 5.74) is 17.3. The number of hydrogen-bond acceptors (Lipinski definition) is 9. The van der Waals surface area contributed by atoms with E-state index >= 15 is 0 Å². The van der Waals surface area contributed by atoms with Crippen molar-refractivity contribution in [2.24, 2.45) is 22.2 Å². The zero-order valence-corrected chi connectivity index (χ0v) is 20.5. The number of nitrogens with two attached hydrogens (primary N) is 3. The zero-order chi connectivity index (χ0) is 28.1. The largest absolute Gasteiger partial charge is 0.480 e. The second kappa shape index (κ2) is 14.9. The normalized spacial score (nSPS) is 13.9. The van der Waals surface area contributed by atoms with Crippen molar-refractivity contribution >= 4 is 29.7 Å². The number of carbonyl (C=O) groups is 4. The van der Waals surface area contributed by atoms with Crippen molar-refractivity contribution in [1.29, 1.82) is 0 Å². The van der Waals surface area contributed by atoms with Crippen molar-refractivity contribution in [3.63, 3.8) is 0 Å². The number of aromatic amines is 2. The van der Waals surface area contributed by atoms with Gasteiger partial charge in [-0.25, -0.2) is 14.8 Å². The van der Waals surface area contributed by atoms with Gasteiger partial charge in [-0.2, -0.15) is 0 Å². The van der Waals surface area contributed by atoms with E-state index in [-0.39, 0.29) is 31.8 Å². The molecule has 0 saturated heterocycles. The van der Waals surface area contributed by atoms with Gasteiger partial charge in [0.1, 0.15) is 18.1 Å². The number of carboxylic acids is 1. The van der Waals surface area contributed by atoms with Crippen molar-refractivity contribution in [1.82, 2.24) is 35.9 Å². The first-order valence-corrected chi connectivity index (χ1v) is 11.6. The first-order valence-electron chi connectivity index (χ1n) is 11.6. The van der Waals surface area contributed by atoms with Gasteiger partial charge >= 0.3 is 5.97 Å². The molecule has 2 aromatic heterocycles. The molecule has 2 rings (SSSR count). The van der Waals surface area contributed by atoms with E-state index in [4.69, 9.17) is 17.2 Å². The molecular formula is C21H33N11O6. The third-order valence-electron chi connectivity index (χ3n) is 5.33. The number of aliphatic hydroxyl groups is 1. The van der Waals surface area contributed by atoms with Crippen molar-refractivity contribution < 1.29 is 29.4 Å². The van der Waals surface area contributed by atoms with Crippen LogP contribution in [-0.2, 0) is 32.0 Å². The average molecular weight is 536 g/mol. The van der Waals surface area contributed by atoms with E-state index < -0.39 is 54.5 Å². The summed E-state index contributed by atoms with van der Waals surface area (Å²) in [6, 6.07) is -5.03. The maximum absolute atomic E-state index is 13.0. The van der Waals surface area contributed by atoms with E-state index in [0.29, 0.717) is 17.8 Å². The lowest BCUT2D eigenvalue weighted by atomic mass is 10.1. The Hall–Kier alpha value is -4.51. The summed E-state index contributed by atoms with van der Waals surface area (Å²) in [7, 11) is 0. The number of aliphatic carboxylic acids is 1. The van der Waals surface area contributed by atoms with Crippen LogP contribution in [0.1, 0.15) is 24.2 Å². The number of carbonyl (C=O) groups excluding carboxylic acids is 3. The summed E-state index contributed by atoms with van der Waals surface area (Å²) >= 11 is 0. The topological polar surface area (TPSA) is 293 Å². The van der Waals surface area contributed by atoms with Crippen LogP contribution in [0.25, 0.3) is 0 Å². The van der Waals surface area contributed by atoms with E-state index in [1.807, 2.05) is 0 Å². The molecule has 0 bridgehead atoms. The van der Waals surface area contributed by atoms with Crippen LogP contribution in [0.15, 0.2) is 30.0 Å². The van der Waals surface area contributed by atoms with Gasteiger partial charge in [0, 0.05) is 43.2 Å². The minimum atomic E-state index is -1.43. The van der Waals surface area contributed by atoms with Gasteiger partial charge in [0.25, 0.3) is 0 Å². The number of nitrogens with one attached hydrogen (secondary N) is 5. The summed E-state index contributed by atoms with van der Waals surface area (Å²) < 4.78 is 0. The van der Waals surface area contributed by atoms with E-state index in [2.05, 4.69) is 40.9 Å². The summed E-state index contributed by atoms with van der Waals surface area (Å²) in [6.45, 7) is -0.524. The number of carboxylic acid groups (broad SMARTS) is 1. The molecule has 0 fully saturated rings. The number of aliphatic imine (C=N–C) groups is 1. The van der Waals surface area contributed by atoms with Crippen molar-refractivity contribution in [3.8, 4) is 0 Å². The molecule has 0 radical (unpaired) electrons. The minimum absolute atomic E-state index is 0.0790. The molecular weight excluding hydrogens is 502 g/mol. The number of aromatic nitrogens is 4. The van der Waals surface area contributed by atoms with Crippen LogP contribution in [0, 0.1) is 0 Å². The summed E-state index contributed by atoms with van der Waals surface area (Å²) in [4.78, 5) is 67.1. The number of nitrogens with zero attached hydrogens (tertiary/aromatic N) is 3. The highest BCUT2D eigenvalue weighted by Gasteiger charge is 2.30. The summed E-state index contributed by atoms with van der Waals surface area (Å²) in [5.74, 6) is -3.78. The smallest absolute Gasteiger partial charge is 0.326 e. The van der Waals surface area contributed by atoms with Crippen molar-refractivity contribution in [3.05, 3.63) is 36.4 Å². The molecule has 2 aromatic rings. The molecule has 0 aliphatic rings. The van der Waals surface area contributed by atoms with Gasteiger partial charge in [-0.05, 0) is 12.8 Å². The Morgan fingerprint density at radius 2 is 1.42 bits per heavy atom. The monoisotopic (exact) mass is 535 g/mol. The molecule has 17 heteroatoms. The first-order chi connectivity index (χ1) is 18.1. The maximum atomic E-state index is 13.0. The van der Waals surface area contributed by atoms with Crippen LogP contribution in [-0.4, -0.2) is 97.1 Å². The fourth-order valence-electron chi connectivity index (χ4n) is 3.31. The van der Waals surface area contributed by atoms with Crippen LogP contribution < -0.4 is 33.2 Å². The summed E-state index contributed by atoms with van der Waals surface area (Å²) in [6.07, 6.45) is 6.04. The van der Waals surface area contributed by atoms with Crippen molar-refractivity contribution in [2.75, 3.05) is 13.2 Å². The third-order valence-corrected chi connectivity index (χ3v) is 5.33. The maximum Gasteiger partial charge on any atom is 0.326 e. The predicted octanol–water partition coefficient (Wildman–Crippen LogP) is -4.17. The number of hydrogen-bond donors (Lipinski definition) is 10. The molecule has 13 N–H and O–H groups in total. The van der Waals surface area contributed by atoms with Crippen LogP contribution in [0.5, 0.6) is 0 Å². The van der Waals surface area contributed by atoms with Crippen molar-refractivity contribution in [2.45, 2.75) is 49.9 Å². The Bertz CT molecular complexity index is 1070. The van der Waals surface area contributed by atoms with E-state index in [0.717, 1.165) is 0 Å². The highest BCUT2D eigenvalue weighted by Crippen LogP contribution is 2.04. The number of amides is 3. The van der Waals surface area contributed by atoms with Crippen LogP contribution in [0.3, 0.4) is 0 Å². The molecule has 0 saturated carbocycles. The molecule has 4 unspecified atom stereocenters. The van der Waals surface area contributed by atoms with E-state index in [9.17, 15) is 29.4 Å². The SMILES string of the molecule is NC(N)=NCCCC(N)C(=O)NC(CO)C(=O)NC(Cc1cnc[nH]1)C(=O)NC(Cc1cnc[nH]1)C(=O)O. The lowest BCUT2D eigenvalue weighted by molar-refractivity contribution is -0.142. The van der Waals surface area contributed by atoms with Gasteiger partial charge in [-0.1, -0.05) is 0 Å². The predicted molar refractivity (Wildman–Crippen MR) is 133 cm³/mol. The van der Waals surface area contributed by atoms with Gasteiger partial charge in [-0.3, -0.25) is 19.4 Å². The summed E-state index contributed by atoms with van der Waals surface area (Å²) in [5, 5.41) is 26.4. The molecule has 0 aliphatic heterocycles. The number of rotatable bonds is 16.